The van der Waals surface area contributed by atoms with Crippen LogP contribution in [0.15, 0.2) is 41.5 Å². The number of hydrogen-bond donors (Lipinski definition) is 2. The lowest BCUT2D eigenvalue weighted by molar-refractivity contribution is -0.132. The van der Waals surface area contributed by atoms with Crippen LogP contribution in [0.2, 0.25) is 0 Å². The SMILES string of the molecule is CCN1N=C(c2ccc(NC(=O)N3Cc4ccc(N)nc4C3)cc2)C(C)CC1=O. The van der Waals surface area contributed by atoms with E-state index in [9.17, 15) is 9.59 Å². The number of aromatic nitrogens is 1. The molecule has 2 aromatic rings. The summed E-state index contributed by atoms with van der Waals surface area (Å²) in [7, 11) is 0. The van der Waals surface area contributed by atoms with Crippen molar-refractivity contribution in [2.24, 2.45) is 11.0 Å². The molecular weight excluding hydrogens is 368 g/mol. The van der Waals surface area contributed by atoms with Crippen LogP contribution < -0.4 is 11.1 Å². The van der Waals surface area contributed by atoms with E-state index in [1.54, 1.807) is 11.0 Å². The standard InChI is InChI=1S/C21H24N6O2/c1-3-27-19(28)10-13(2)20(25-27)14-4-7-16(8-5-14)23-21(29)26-11-15-6-9-18(22)24-17(15)12-26/h4-9,13H,3,10-12H2,1-2H3,(H2,22,24)(H,23,29). The molecule has 3 heterocycles. The second-order valence-corrected chi connectivity index (χ2v) is 7.41. The summed E-state index contributed by atoms with van der Waals surface area (Å²) >= 11 is 0. The van der Waals surface area contributed by atoms with Gasteiger partial charge in [0.05, 0.1) is 18.0 Å². The first-order chi connectivity index (χ1) is 13.9. The van der Waals surface area contributed by atoms with Crippen molar-refractivity contribution in [1.29, 1.82) is 0 Å². The first-order valence-electron chi connectivity index (χ1n) is 9.74. The Balaban J connectivity index is 1.44. The predicted octanol–water partition coefficient (Wildman–Crippen LogP) is 2.80. The van der Waals surface area contributed by atoms with Crippen LogP contribution in [0.5, 0.6) is 0 Å². The Hall–Kier alpha value is -3.42. The van der Waals surface area contributed by atoms with Crippen LogP contribution in [0.3, 0.4) is 0 Å². The van der Waals surface area contributed by atoms with Gasteiger partial charge in [-0.25, -0.2) is 14.8 Å². The molecule has 0 saturated heterocycles. The van der Waals surface area contributed by atoms with Gasteiger partial charge in [-0.3, -0.25) is 4.79 Å². The van der Waals surface area contributed by atoms with Gasteiger partial charge >= 0.3 is 6.03 Å². The first kappa shape index (κ1) is 18.9. The maximum Gasteiger partial charge on any atom is 0.322 e. The number of nitrogens with zero attached hydrogens (tertiary/aromatic N) is 4. The first-order valence-corrected chi connectivity index (χ1v) is 9.74. The third-order valence-corrected chi connectivity index (χ3v) is 5.27. The van der Waals surface area contributed by atoms with Crippen molar-refractivity contribution < 1.29 is 9.59 Å². The number of nitrogen functional groups attached to an aromatic ring is 1. The summed E-state index contributed by atoms with van der Waals surface area (Å²) in [4.78, 5) is 30.6. The number of hydrazone groups is 1. The fourth-order valence-electron chi connectivity index (χ4n) is 3.68. The number of hydrogen-bond acceptors (Lipinski definition) is 5. The summed E-state index contributed by atoms with van der Waals surface area (Å²) in [6.07, 6.45) is 0.458. The number of nitrogens with two attached hydrogens (primary N) is 1. The van der Waals surface area contributed by atoms with Crippen molar-refractivity contribution in [3.05, 3.63) is 53.2 Å². The van der Waals surface area contributed by atoms with Gasteiger partial charge in [0, 0.05) is 31.1 Å². The number of amides is 3. The molecule has 8 heteroatoms. The molecule has 2 aliphatic heterocycles. The van der Waals surface area contributed by atoms with Gasteiger partial charge in [0.15, 0.2) is 0 Å². The molecule has 4 rings (SSSR count). The molecule has 0 spiro atoms. The molecule has 8 nitrogen and oxygen atoms in total. The van der Waals surface area contributed by atoms with Crippen LogP contribution >= 0.6 is 0 Å². The van der Waals surface area contributed by atoms with E-state index in [2.05, 4.69) is 15.4 Å². The van der Waals surface area contributed by atoms with Gasteiger partial charge in [-0.1, -0.05) is 25.1 Å². The number of fused-ring (bicyclic) bond motifs is 1. The van der Waals surface area contributed by atoms with E-state index in [0.717, 1.165) is 22.5 Å². The van der Waals surface area contributed by atoms with Crippen LogP contribution in [0, 0.1) is 5.92 Å². The van der Waals surface area contributed by atoms with E-state index in [4.69, 9.17) is 5.73 Å². The molecule has 0 fully saturated rings. The minimum atomic E-state index is -0.180. The van der Waals surface area contributed by atoms with Crippen LogP contribution in [0.25, 0.3) is 0 Å². The maximum absolute atomic E-state index is 12.6. The molecule has 1 atom stereocenters. The van der Waals surface area contributed by atoms with Crippen molar-refractivity contribution in [3.8, 4) is 0 Å². The van der Waals surface area contributed by atoms with Gasteiger partial charge in [-0.05, 0) is 36.2 Å². The minimum Gasteiger partial charge on any atom is -0.384 e. The zero-order valence-corrected chi connectivity index (χ0v) is 16.6. The van der Waals surface area contributed by atoms with Crippen LogP contribution in [0.1, 0.15) is 37.1 Å². The number of rotatable bonds is 3. The Morgan fingerprint density at radius 3 is 2.69 bits per heavy atom. The van der Waals surface area contributed by atoms with Crippen LogP contribution in [-0.4, -0.2) is 39.1 Å². The molecule has 1 unspecified atom stereocenters. The zero-order valence-electron chi connectivity index (χ0n) is 16.6. The van der Waals surface area contributed by atoms with Crippen LogP contribution in [0.4, 0.5) is 16.3 Å². The highest BCUT2D eigenvalue weighted by molar-refractivity contribution is 6.06. The van der Waals surface area contributed by atoms with Gasteiger partial charge in [-0.15, -0.1) is 0 Å². The number of nitrogens with one attached hydrogen (secondary N) is 1. The summed E-state index contributed by atoms with van der Waals surface area (Å²) in [6.45, 7) is 5.43. The topological polar surface area (TPSA) is 104 Å². The van der Waals surface area contributed by atoms with Gasteiger partial charge < -0.3 is 16.0 Å². The second-order valence-electron chi connectivity index (χ2n) is 7.41. The molecule has 1 aromatic heterocycles. The Bertz CT molecular complexity index is 985. The van der Waals surface area contributed by atoms with E-state index in [1.165, 1.54) is 5.01 Å². The molecule has 0 saturated carbocycles. The molecule has 29 heavy (non-hydrogen) atoms. The van der Waals surface area contributed by atoms with E-state index in [-0.39, 0.29) is 17.9 Å². The summed E-state index contributed by atoms with van der Waals surface area (Å²) in [5.74, 6) is 0.578. The molecule has 150 valence electrons. The molecule has 0 bridgehead atoms. The van der Waals surface area contributed by atoms with Crippen molar-refractivity contribution >= 4 is 29.2 Å². The highest BCUT2D eigenvalue weighted by Gasteiger charge is 2.27. The molecule has 3 amide bonds. The van der Waals surface area contributed by atoms with Gasteiger partial charge in [0.1, 0.15) is 5.82 Å². The fourth-order valence-corrected chi connectivity index (χ4v) is 3.68. The van der Waals surface area contributed by atoms with E-state index < -0.39 is 0 Å². The number of carbonyl (C=O) groups excluding carboxylic acids is 2. The monoisotopic (exact) mass is 392 g/mol. The van der Waals surface area contributed by atoms with Crippen molar-refractivity contribution in [2.75, 3.05) is 17.6 Å². The molecule has 0 radical (unpaired) electrons. The van der Waals surface area contributed by atoms with Gasteiger partial charge in [0.25, 0.3) is 0 Å². The minimum absolute atomic E-state index is 0.0514. The molecule has 3 N–H and O–H groups in total. The third kappa shape index (κ3) is 3.78. The van der Waals surface area contributed by atoms with Crippen molar-refractivity contribution in [3.63, 3.8) is 0 Å². The number of urea groups is 1. The van der Waals surface area contributed by atoms with Gasteiger partial charge in [0.2, 0.25) is 5.91 Å². The smallest absolute Gasteiger partial charge is 0.322 e. The average Bonchev–Trinajstić information content (AvgIpc) is 3.12. The lowest BCUT2D eigenvalue weighted by atomic mass is 9.93. The van der Waals surface area contributed by atoms with Crippen LogP contribution in [-0.2, 0) is 17.9 Å². The predicted molar refractivity (Wildman–Crippen MR) is 111 cm³/mol. The number of carbonyl (C=O) groups is 2. The summed E-state index contributed by atoms with van der Waals surface area (Å²) in [5.41, 5.74) is 10.1. The van der Waals surface area contributed by atoms with Crippen molar-refractivity contribution in [1.82, 2.24) is 14.9 Å². The molecule has 1 aromatic carbocycles. The van der Waals surface area contributed by atoms with E-state index in [1.807, 2.05) is 44.2 Å². The Morgan fingerprint density at radius 2 is 1.97 bits per heavy atom. The second kappa shape index (κ2) is 7.54. The summed E-state index contributed by atoms with van der Waals surface area (Å²) in [6, 6.07) is 11.0. The maximum atomic E-state index is 12.6. The highest BCUT2D eigenvalue weighted by atomic mass is 16.2. The summed E-state index contributed by atoms with van der Waals surface area (Å²) in [5, 5.41) is 8.94. The number of benzene rings is 1. The Labute approximate surface area is 169 Å². The Morgan fingerprint density at radius 1 is 1.21 bits per heavy atom. The fraction of sp³-hybridized carbons (Fsp3) is 0.333. The quantitative estimate of drug-likeness (QED) is 0.838. The molecular formula is C21H24N6O2. The normalized spacial score (nSPS) is 18.5. The highest BCUT2D eigenvalue weighted by Crippen LogP contribution is 2.24. The number of pyridine rings is 1. The average molecular weight is 392 g/mol. The van der Waals surface area contributed by atoms with Crippen molar-refractivity contribution in [2.45, 2.75) is 33.4 Å². The lowest BCUT2D eigenvalue weighted by Crippen LogP contribution is -2.36. The number of anilines is 2. The van der Waals surface area contributed by atoms with E-state index >= 15 is 0 Å². The van der Waals surface area contributed by atoms with E-state index in [0.29, 0.717) is 37.6 Å². The summed E-state index contributed by atoms with van der Waals surface area (Å²) < 4.78 is 0. The molecule has 0 aliphatic carbocycles. The zero-order chi connectivity index (χ0) is 20.5. The lowest BCUT2D eigenvalue weighted by Gasteiger charge is -2.26. The third-order valence-electron chi connectivity index (χ3n) is 5.27. The largest absolute Gasteiger partial charge is 0.384 e. The molecule has 2 aliphatic rings. The van der Waals surface area contributed by atoms with Gasteiger partial charge in [-0.2, -0.15) is 5.10 Å². The Kier molecular flexibility index (Phi) is 4.92.